The molecule has 0 spiro atoms. The molecule has 0 heterocycles. The lowest BCUT2D eigenvalue weighted by molar-refractivity contribution is -0.137. The molecule has 2 nitrogen and oxygen atoms in total. The van der Waals surface area contributed by atoms with Crippen molar-refractivity contribution < 1.29 is 13.2 Å². The van der Waals surface area contributed by atoms with E-state index >= 15 is 0 Å². The van der Waals surface area contributed by atoms with Crippen LogP contribution in [-0.2, 0) is 6.18 Å². The number of likely N-dealkylation sites (N-methyl/N-ethyl adjacent to an activating group) is 1. The molecular formula is C16H23F3N2. The Labute approximate surface area is 124 Å². The van der Waals surface area contributed by atoms with E-state index in [0.717, 1.165) is 30.8 Å². The molecule has 5 heteroatoms. The second-order valence-corrected chi connectivity index (χ2v) is 5.76. The van der Waals surface area contributed by atoms with Crippen LogP contribution in [0.25, 0.3) is 0 Å². The number of halogens is 3. The lowest BCUT2D eigenvalue weighted by atomic mass is 9.84. The Morgan fingerprint density at radius 1 is 1.24 bits per heavy atom. The summed E-state index contributed by atoms with van der Waals surface area (Å²) in [6.45, 7) is 4.34. The molecule has 1 aliphatic rings. The molecule has 1 aromatic carbocycles. The molecule has 1 aliphatic carbocycles. The van der Waals surface area contributed by atoms with Crippen molar-refractivity contribution in [2.24, 2.45) is 11.7 Å². The number of alkyl halides is 3. The van der Waals surface area contributed by atoms with E-state index in [1.165, 1.54) is 19.3 Å². The highest BCUT2D eigenvalue weighted by Gasteiger charge is 2.31. The van der Waals surface area contributed by atoms with Crippen LogP contribution >= 0.6 is 0 Å². The fraction of sp³-hybridized carbons (Fsp3) is 0.625. The SMILES string of the molecule is CCN(CC1CCC1)C(CN)c1ccc(C(F)(F)F)cc1. The summed E-state index contributed by atoms with van der Waals surface area (Å²) in [5.74, 6) is 0.716. The minimum Gasteiger partial charge on any atom is -0.329 e. The summed E-state index contributed by atoms with van der Waals surface area (Å²) in [6.07, 6.45) is -0.496. The van der Waals surface area contributed by atoms with Gasteiger partial charge in [-0.2, -0.15) is 13.2 Å². The fourth-order valence-corrected chi connectivity index (χ4v) is 2.87. The van der Waals surface area contributed by atoms with Gasteiger partial charge in [0.05, 0.1) is 5.56 Å². The lowest BCUT2D eigenvalue weighted by Crippen LogP contribution is -2.38. The Morgan fingerprint density at radius 3 is 2.24 bits per heavy atom. The maximum Gasteiger partial charge on any atom is 0.416 e. The molecule has 0 bridgehead atoms. The van der Waals surface area contributed by atoms with Crippen molar-refractivity contribution in [3.05, 3.63) is 35.4 Å². The maximum absolute atomic E-state index is 12.6. The average Bonchev–Trinajstić information content (AvgIpc) is 2.40. The molecule has 0 aliphatic heterocycles. The summed E-state index contributed by atoms with van der Waals surface area (Å²) < 4.78 is 37.9. The van der Waals surface area contributed by atoms with E-state index in [4.69, 9.17) is 5.73 Å². The van der Waals surface area contributed by atoms with Gasteiger partial charge in [-0.05, 0) is 43.0 Å². The van der Waals surface area contributed by atoms with Gasteiger partial charge in [0, 0.05) is 19.1 Å². The predicted octanol–water partition coefficient (Wildman–Crippen LogP) is 3.83. The molecule has 2 N–H and O–H groups in total. The van der Waals surface area contributed by atoms with E-state index < -0.39 is 11.7 Å². The molecule has 0 saturated heterocycles. The number of hydrogen-bond acceptors (Lipinski definition) is 2. The van der Waals surface area contributed by atoms with Crippen molar-refractivity contribution in [2.75, 3.05) is 19.6 Å². The van der Waals surface area contributed by atoms with Crippen molar-refractivity contribution in [2.45, 2.75) is 38.4 Å². The molecule has 1 aromatic rings. The van der Waals surface area contributed by atoms with Crippen LogP contribution in [0.5, 0.6) is 0 Å². The number of hydrogen-bond donors (Lipinski definition) is 1. The third-order valence-corrected chi connectivity index (χ3v) is 4.41. The van der Waals surface area contributed by atoms with Crippen molar-refractivity contribution in [3.8, 4) is 0 Å². The Kier molecular flexibility index (Phi) is 5.27. The smallest absolute Gasteiger partial charge is 0.329 e. The number of nitrogens with two attached hydrogens (primary N) is 1. The van der Waals surface area contributed by atoms with Crippen LogP contribution in [0.2, 0.25) is 0 Å². The highest BCUT2D eigenvalue weighted by atomic mass is 19.4. The van der Waals surface area contributed by atoms with Gasteiger partial charge < -0.3 is 5.73 Å². The second-order valence-electron chi connectivity index (χ2n) is 5.76. The summed E-state index contributed by atoms with van der Waals surface area (Å²) in [7, 11) is 0. The first-order valence-corrected chi connectivity index (χ1v) is 7.57. The normalized spacial score (nSPS) is 17.8. The van der Waals surface area contributed by atoms with Crippen molar-refractivity contribution in [1.29, 1.82) is 0 Å². The molecule has 1 fully saturated rings. The molecular weight excluding hydrogens is 277 g/mol. The maximum atomic E-state index is 12.6. The van der Waals surface area contributed by atoms with E-state index in [0.29, 0.717) is 12.5 Å². The highest BCUT2D eigenvalue weighted by Crippen LogP contribution is 2.32. The van der Waals surface area contributed by atoms with E-state index in [1.54, 1.807) is 12.1 Å². The topological polar surface area (TPSA) is 29.3 Å². The molecule has 0 amide bonds. The van der Waals surface area contributed by atoms with Gasteiger partial charge in [-0.1, -0.05) is 25.5 Å². The van der Waals surface area contributed by atoms with Gasteiger partial charge in [0.25, 0.3) is 0 Å². The molecule has 1 saturated carbocycles. The highest BCUT2D eigenvalue weighted by molar-refractivity contribution is 5.27. The Morgan fingerprint density at radius 2 is 1.86 bits per heavy atom. The van der Waals surface area contributed by atoms with Crippen molar-refractivity contribution >= 4 is 0 Å². The number of benzene rings is 1. The molecule has 118 valence electrons. The molecule has 21 heavy (non-hydrogen) atoms. The molecule has 0 radical (unpaired) electrons. The third kappa shape index (κ3) is 3.98. The van der Waals surface area contributed by atoms with Gasteiger partial charge in [-0.25, -0.2) is 0 Å². The van der Waals surface area contributed by atoms with Gasteiger partial charge in [0.2, 0.25) is 0 Å². The van der Waals surface area contributed by atoms with E-state index in [2.05, 4.69) is 11.8 Å². The standard InChI is InChI=1S/C16H23F3N2/c1-2-21(11-12-4-3-5-12)15(10-20)13-6-8-14(9-7-13)16(17,18)19/h6-9,12,15H,2-5,10-11,20H2,1H3. The van der Waals surface area contributed by atoms with Crippen LogP contribution in [0.3, 0.4) is 0 Å². The summed E-state index contributed by atoms with van der Waals surface area (Å²) in [4.78, 5) is 2.28. The van der Waals surface area contributed by atoms with Crippen LogP contribution in [0.4, 0.5) is 13.2 Å². The average molecular weight is 300 g/mol. The van der Waals surface area contributed by atoms with Gasteiger partial charge in [0.1, 0.15) is 0 Å². The minimum atomic E-state index is -4.28. The van der Waals surface area contributed by atoms with Crippen LogP contribution in [0.1, 0.15) is 43.4 Å². The van der Waals surface area contributed by atoms with E-state index in [-0.39, 0.29) is 6.04 Å². The summed E-state index contributed by atoms with van der Waals surface area (Å²) in [6, 6.07) is 5.41. The minimum absolute atomic E-state index is 0.00196. The number of nitrogens with zero attached hydrogens (tertiary/aromatic N) is 1. The van der Waals surface area contributed by atoms with Crippen LogP contribution in [-0.4, -0.2) is 24.5 Å². The van der Waals surface area contributed by atoms with Gasteiger partial charge in [-0.3, -0.25) is 4.90 Å². The summed E-state index contributed by atoms with van der Waals surface area (Å²) in [5, 5.41) is 0. The number of rotatable bonds is 6. The van der Waals surface area contributed by atoms with Crippen LogP contribution in [0.15, 0.2) is 24.3 Å². The van der Waals surface area contributed by atoms with E-state index in [1.807, 2.05) is 0 Å². The Hall–Kier alpha value is -1.07. The first-order valence-electron chi connectivity index (χ1n) is 7.57. The largest absolute Gasteiger partial charge is 0.416 e. The zero-order chi connectivity index (χ0) is 15.5. The lowest BCUT2D eigenvalue weighted by Gasteiger charge is -2.36. The van der Waals surface area contributed by atoms with Gasteiger partial charge >= 0.3 is 6.18 Å². The van der Waals surface area contributed by atoms with Gasteiger partial charge in [0.15, 0.2) is 0 Å². The quantitative estimate of drug-likeness (QED) is 0.865. The summed E-state index contributed by atoms with van der Waals surface area (Å²) >= 11 is 0. The van der Waals surface area contributed by atoms with Gasteiger partial charge in [-0.15, -0.1) is 0 Å². The Bertz CT molecular complexity index is 438. The zero-order valence-corrected chi connectivity index (χ0v) is 12.4. The van der Waals surface area contributed by atoms with Crippen LogP contribution < -0.4 is 5.73 Å². The predicted molar refractivity (Wildman–Crippen MR) is 77.8 cm³/mol. The molecule has 2 rings (SSSR count). The monoisotopic (exact) mass is 300 g/mol. The zero-order valence-electron chi connectivity index (χ0n) is 12.4. The van der Waals surface area contributed by atoms with Crippen LogP contribution in [0, 0.1) is 5.92 Å². The van der Waals surface area contributed by atoms with Crippen molar-refractivity contribution in [3.63, 3.8) is 0 Å². The molecule has 1 unspecified atom stereocenters. The Balaban J connectivity index is 2.11. The first-order chi connectivity index (χ1) is 9.95. The summed E-state index contributed by atoms with van der Waals surface area (Å²) in [5.41, 5.74) is 6.14. The first kappa shape index (κ1) is 16.3. The molecule has 1 atom stereocenters. The van der Waals surface area contributed by atoms with Crippen molar-refractivity contribution in [1.82, 2.24) is 4.90 Å². The third-order valence-electron chi connectivity index (χ3n) is 4.41. The molecule has 0 aromatic heterocycles. The second kappa shape index (κ2) is 6.79. The van der Waals surface area contributed by atoms with E-state index in [9.17, 15) is 13.2 Å². The fourth-order valence-electron chi connectivity index (χ4n) is 2.87.